The molecule has 1 aliphatic rings. The molecule has 1 heterocycles. The lowest BCUT2D eigenvalue weighted by molar-refractivity contribution is -0.122. The largest absolute Gasteiger partial charge is 0.381 e. The molecule has 2 unspecified atom stereocenters. The van der Waals surface area contributed by atoms with E-state index in [0.717, 1.165) is 39.1 Å². The van der Waals surface area contributed by atoms with E-state index < -0.39 is 11.4 Å². The fourth-order valence-corrected chi connectivity index (χ4v) is 1.78. The second kappa shape index (κ2) is 6.93. The number of hydrogen-bond donors (Lipinski definition) is 2. The highest BCUT2D eigenvalue weighted by Gasteiger charge is 2.24. The molecule has 0 aromatic carbocycles. The van der Waals surface area contributed by atoms with Crippen molar-refractivity contribution in [2.45, 2.75) is 38.1 Å². The lowest BCUT2D eigenvalue weighted by Crippen LogP contribution is -2.49. The SMILES string of the molecule is CC(N)(CCCCOCC1CCOC1)C(N)=O. The highest BCUT2D eigenvalue weighted by Crippen LogP contribution is 2.13. The van der Waals surface area contributed by atoms with Gasteiger partial charge in [0, 0.05) is 19.1 Å². The number of carbonyl (C=O) groups excluding carboxylic acids is 1. The van der Waals surface area contributed by atoms with Gasteiger partial charge in [-0.25, -0.2) is 0 Å². The zero-order valence-electron chi connectivity index (χ0n) is 10.6. The van der Waals surface area contributed by atoms with E-state index in [2.05, 4.69) is 0 Å². The normalized spacial score (nSPS) is 23.5. The van der Waals surface area contributed by atoms with Crippen LogP contribution in [-0.2, 0) is 14.3 Å². The summed E-state index contributed by atoms with van der Waals surface area (Å²) >= 11 is 0. The van der Waals surface area contributed by atoms with E-state index >= 15 is 0 Å². The first-order chi connectivity index (χ1) is 8.02. The molecule has 0 aromatic rings. The molecule has 4 N–H and O–H groups in total. The summed E-state index contributed by atoms with van der Waals surface area (Å²) in [6.45, 7) is 4.84. The minimum absolute atomic E-state index is 0.443. The van der Waals surface area contributed by atoms with E-state index in [1.165, 1.54) is 0 Å². The fourth-order valence-electron chi connectivity index (χ4n) is 1.78. The summed E-state index contributed by atoms with van der Waals surface area (Å²) in [5.74, 6) is 0.113. The van der Waals surface area contributed by atoms with Crippen LogP contribution in [0, 0.1) is 5.92 Å². The van der Waals surface area contributed by atoms with Crippen LogP contribution < -0.4 is 11.5 Å². The van der Waals surface area contributed by atoms with Crippen molar-refractivity contribution in [2.75, 3.05) is 26.4 Å². The molecule has 1 amide bonds. The first-order valence-electron chi connectivity index (χ1n) is 6.26. The van der Waals surface area contributed by atoms with Gasteiger partial charge >= 0.3 is 0 Å². The minimum Gasteiger partial charge on any atom is -0.381 e. The van der Waals surface area contributed by atoms with Crippen molar-refractivity contribution in [1.82, 2.24) is 0 Å². The number of nitrogens with two attached hydrogens (primary N) is 2. The molecule has 0 aromatic heterocycles. The zero-order chi connectivity index (χ0) is 12.7. The molecule has 0 spiro atoms. The Hall–Kier alpha value is -0.650. The highest BCUT2D eigenvalue weighted by atomic mass is 16.5. The van der Waals surface area contributed by atoms with Gasteiger partial charge < -0.3 is 20.9 Å². The number of hydrogen-bond acceptors (Lipinski definition) is 4. The van der Waals surface area contributed by atoms with E-state index in [-0.39, 0.29) is 0 Å². The number of rotatable bonds is 8. The molecule has 5 nitrogen and oxygen atoms in total. The van der Waals surface area contributed by atoms with E-state index in [4.69, 9.17) is 20.9 Å². The van der Waals surface area contributed by atoms with Gasteiger partial charge in [0.2, 0.25) is 5.91 Å². The maximum Gasteiger partial charge on any atom is 0.237 e. The van der Waals surface area contributed by atoms with Gasteiger partial charge in [-0.3, -0.25) is 4.79 Å². The second-order valence-electron chi connectivity index (χ2n) is 5.04. The van der Waals surface area contributed by atoms with Crippen LogP contribution >= 0.6 is 0 Å². The minimum atomic E-state index is -0.890. The van der Waals surface area contributed by atoms with Crippen molar-refractivity contribution in [3.63, 3.8) is 0 Å². The second-order valence-corrected chi connectivity index (χ2v) is 5.04. The Balaban J connectivity index is 1.95. The van der Waals surface area contributed by atoms with Crippen LogP contribution in [0.2, 0.25) is 0 Å². The van der Waals surface area contributed by atoms with Crippen LogP contribution in [-0.4, -0.2) is 37.9 Å². The zero-order valence-corrected chi connectivity index (χ0v) is 10.6. The molecule has 100 valence electrons. The third-order valence-corrected chi connectivity index (χ3v) is 3.18. The molecule has 17 heavy (non-hydrogen) atoms. The molecular weight excluding hydrogens is 220 g/mol. The van der Waals surface area contributed by atoms with Crippen molar-refractivity contribution in [2.24, 2.45) is 17.4 Å². The molecule has 1 rings (SSSR count). The van der Waals surface area contributed by atoms with Gasteiger partial charge in [0.1, 0.15) is 0 Å². The van der Waals surface area contributed by atoms with Crippen molar-refractivity contribution >= 4 is 5.91 Å². The monoisotopic (exact) mass is 244 g/mol. The quantitative estimate of drug-likeness (QED) is 0.605. The Morgan fingerprint density at radius 1 is 1.53 bits per heavy atom. The third-order valence-electron chi connectivity index (χ3n) is 3.18. The summed E-state index contributed by atoms with van der Waals surface area (Å²) in [6, 6.07) is 0. The van der Waals surface area contributed by atoms with Gasteiger partial charge in [-0.2, -0.15) is 0 Å². The summed E-state index contributed by atoms with van der Waals surface area (Å²) in [5.41, 5.74) is 10.0. The molecule has 0 bridgehead atoms. The molecule has 0 saturated carbocycles. The Morgan fingerprint density at radius 2 is 2.29 bits per heavy atom. The van der Waals surface area contributed by atoms with E-state index in [9.17, 15) is 4.79 Å². The Kier molecular flexibility index (Phi) is 5.88. The van der Waals surface area contributed by atoms with Crippen LogP contribution in [0.4, 0.5) is 0 Å². The predicted octanol–water partition coefficient (Wildman–Crippen LogP) is 0.413. The van der Waals surface area contributed by atoms with Crippen LogP contribution in [0.25, 0.3) is 0 Å². The molecular formula is C12H24N2O3. The Bertz CT molecular complexity index is 238. The molecule has 1 fully saturated rings. The van der Waals surface area contributed by atoms with Gasteiger partial charge in [-0.15, -0.1) is 0 Å². The fraction of sp³-hybridized carbons (Fsp3) is 0.917. The number of primary amides is 1. The van der Waals surface area contributed by atoms with Gasteiger partial charge in [0.15, 0.2) is 0 Å². The molecule has 1 saturated heterocycles. The average molecular weight is 244 g/mol. The van der Waals surface area contributed by atoms with Gasteiger partial charge in [0.05, 0.1) is 18.8 Å². The van der Waals surface area contributed by atoms with Crippen molar-refractivity contribution < 1.29 is 14.3 Å². The summed E-state index contributed by atoms with van der Waals surface area (Å²) in [5, 5.41) is 0. The van der Waals surface area contributed by atoms with Crippen molar-refractivity contribution in [1.29, 1.82) is 0 Å². The van der Waals surface area contributed by atoms with Crippen LogP contribution in [0.1, 0.15) is 32.6 Å². The lowest BCUT2D eigenvalue weighted by Gasteiger charge is -2.20. The molecule has 5 heteroatoms. The molecule has 2 atom stereocenters. The van der Waals surface area contributed by atoms with Crippen LogP contribution in [0.3, 0.4) is 0 Å². The maximum absolute atomic E-state index is 11.0. The predicted molar refractivity (Wildman–Crippen MR) is 65.4 cm³/mol. The van der Waals surface area contributed by atoms with E-state index in [1.54, 1.807) is 6.92 Å². The topological polar surface area (TPSA) is 87.6 Å². The van der Waals surface area contributed by atoms with Crippen molar-refractivity contribution in [3.8, 4) is 0 Å². The molecule has 1 aliphatic heterocycles. The average Bonchev–Trinajstić information content (AvgIpc) is 2.75. The van der Waals surface area contributed by atoms with E-state index in [0.29, 0.717) is 18.9 Å². The van der Waals surface area contributed by atoms with Gasteiger partial charge in [0.25, 0.3) is 0 Å². The molecule has 0 radical (unpaired) electrons. The van der Waals surface area contributed by atoms with Crippen LogP contribution in [0.5, 0.6) is 0 Å². The first kappa shape index (κ1) is 14.4. The van der Waals surface area contributed by atoms with E-state index in [1.807, 2.05) is 0 Å². The van der Waals surface area contributed by atoms with Crippen LogP contribution in [0.15, 0.2) is 0 Å². The summed E-state index contributed by atoms with van der Waals surface area (Å²) < 4.78 is 10.8. The number of ether oxygens (including phenoxy) is 2. The first-order valence-corrected chi connectivity index (χ1v) is 6.26. The van der Waals surface area contributed by atoms with Crippen molar-refractivity contribution in [3.05, 3.63) is 0 Å². The summed E-state index contributed by atoms with van der Waals surface area (Å²) in [6.07, 6.45) is 3.48. The number of carbonyl (C=O) groups is 1. The standard InChI is InChI=1S/C12H24N2O3/c1-12(14,11(13)15)5-2-3-6-16-8-10-4-7-17-9-10/h10H,2-9,14H2,1H3,(H2,13,15). The Labute approximate surface area is 103 Å². The summed E-state index contributed by atoms with van der Waals surface area (Å²) in [7, 11) is 0. The molecule has 0 aliphatic carbocycles. The smallest absolute Gasteiger partial charge is 0.237 e. The van der Waals surface area contributed by atoms with Gasteiger partial charge in [-0.1, -0.05) is 0 Å². The third kappa shape index (κ3) is 5.48. The van der Waals surface area contributed by atoms with Gasteiger partial charge in [-0.05, 0) is 32.6 Å². The summed E-state index contributed by atoms with van der Waals surface area (Å²) in [4.78, 5) is 11.0. The number of unbranched alkanes of at least 4 members (excludes halogenated alkanes) is 1. The number of amides is 1. The highest BCUT2D eigenvalue weighted by molar-refractivity contribution is 5.83. The Morgan fingerprint density at radius 3 is 2.88 bits per heavy atom. The maximum atomic E-state index is 11.0. The lowest BCUT2D eigenvalue weighted by atomic mass is 9.96.